The Kier molecular flexibility index (Phi) is 6.43. The molecule has 1 saturated heterocycles. The topological polar surface area (TPSA) is 35.9 Å². The molecule has 2 bridgehead atoms. The van der Waals surface area contributed by atoms with Crippen LogP contribution in [0.25, 0.3) is 0 Å². The maximum atomic E-state index is 10.6. The quantitative estimate of drug-likeness (QED) is 0.671. The molecule has 4 nitrogen and oxygen atoms in total. The van der Waals surface area contributed by atoms with Crippen molar-refractivity contribution in [2.75, 3.05) is 44.2 Å². The zero-order chi connectivity index (χ0) is 21.5. The van der Waals surface area contributed by atoms with E-state index in [0.29, 0.717) is 23.5 Å². The van der Waals surface area contributed by atoms with Gasteiger partial charge in [-0.25, -0.2) is 0 Å². The van der Waals surface area contributed by atoms with Crippen LogP contribution in [0.15, 0.2) is 18.2 Å². The molecule has 1 aromatic rings. The summed E-state index contributed by atoms with van der Waals surface area (Å²) in [6, 6.07) is 6.11. The van der Waals surface area contributed by atoms with E-state index < -0.39 is 0 Å². The van der Waals surface area contributed by atoms with Gasteiger partial charge in [0, 0.05) is 50.0 Å². The predicted molar refractivity (Wildman–Crippen MR) is 124 cm³/mol. The van der Waals surface area contributed by atoms with E-state index in [9.17, 15) is 5.11 Å². The third kappa shape index (κ3) is 4.13. The number of β-amino-alcohol motifs (C(OH)–C–C–N with tert-alkyl or cyclic N) is 1. The highest BCUT2D eigenvalue weighted by molar-refractivity contribution is 6.30. The lowest BCUT2D eigenvalue weighted by molar-refractivity contribution is -0.0564. The van der Waals surface area contributed by atoms with Gasteiger partial charge in [-0.2, -0.15) is 0 Å². The number of piperazine rings is 1. The first-order valence-corrected chi connectivity index (χ1v) is 12.1. The first-order chi connectivity index (χ1) is 14.2. The Morgan fingerprint density at radius 1 is 1.20 bits per heavy atom. The largest absolute Gasteiger partial charge is 0.392 e. The Balaban J connectivity index is 1.19. The van der Waals surface area contributed by atoms with Gasteiger partial charge in [0.1, 0.15) is 0 Å². The number of nitrogens with zero attached hydrogens (tertiary/aromatic N) is 2. The SMILES string of the molecule is Cc1ccc(Cl)cc1N1CCN(C[C@@H](O)CCO[C@@H]2C[C@H]3CC[C@@]2(C)C3(C)C)CC1. The van der Waals surface area contributed by atoms with Crippen LogP contribution in [-0.4, -0.2) is 61.5 Å². The van der Waals surface area contributed by atoms with E-state index in [1.54, 1.807) is 0 Å². The number of anilines is 1. The van der Waals surface area contributed by atoms with Crippen molar-refractivity contribution in [1.82, 2.24) is 4.90 Å². The second kappa shape index (κ2) is 8.61. The molecule has 0 unspecified atom stereocenters. The zero-order valence-electron chi connectivity index (χ0n) is 19.2. The van der Waals surface area contributed by atoms with Crippen LogP contribution in [0.2, 0.25) is 5.02 Å². The molecular formula is C25H39ClN2O2. The third-order valence-electron chi connectivity index (χ3n) is 8.84. The Hall–Kier alpha value is -0.810. The first kappa shape index (κ1) is 22.4. The summed E-state index contributed by atoms with van der Waals surface area (Å²) in [4.78, 5) is 4.79. The number of rotatable bonds is 7. The summed E-state index contributed by atoms with van der Waals surface area (Å²) in [6.45, 7) is 14.7. The minimum absolute atomic E-state index is 0.303. The summed E-state index contributed by atoms with van der Waals surface area (Å²) in [5, 5.41) is 11.4. The molecule has 1 aromatic carbocycles. The summed E-state index contributed by atoms with van der Waals surface area (Å²) in [7, 11) is 0. The molecule has 4 rings (SSSR count). The van der Waals surface area contributed by atoms with Crippen LogP contribution in [0.3, 0.4) is 0 Å². The number of hydrogen-bond donors (Lipinski definition) is 1. The second-order valence-corrected chi connectivity index (χ2v) is 11.1. The van der Waals surface area contributed by atoms with Gasteiger partial charge >= 0.3 is 0 Å². The molecule has 1 aliphatic heterocycles. The molecule has 168 valence electrons. The number of aliphatic hydroxyl groups excluding tert-OH is 1. The number of aliphatic hydroxyl groups is 1. The van der Waals surface area contributed by atoms with Gasteiger partial charge in [-0.3, -0.25) is 4.90 Å². The minimum Gasteiger partial charge on any atom is -0.392 e. The number of benzene rings is 1. The molecule has 30 heavy (non-hydrogen) atoms. The van der Waals surface area contributed by atoms with Gasteiger partial charge in [-0.05, 0) is 67.1 Å². The van der Waals surface area contributed by atoms with Crippen molar-refractivity contribution >= 4 is 17.3 Å². The number of ether oxygens (including phenoxy) is 1. The number of hydrogen-bond acceptors (Lipinski definition) is 4. The van der Waals surface area contributed by atoms with E-state index >= 15 is 0 Å². The van der Waals surface area contributed by atoms with E-state index in [4.69, 9.17) is 16.3 Å². The summed E-state index contributed by atoms with van der Waals surface area (Å²) >= 11 is 6.19. The molecule has 0 amide bonds. The third-order valence-corrected chi connectivity index (χ3v) is 9.07. The van der Waals surface area contributed by atoms with E-state index in [1.165, 1.54) is 30.5 Å². The summed E-state index contributed by atoms with van der Waals surface area (Å²) in [5.41, 5.74) is 3.19. The van der Waals surface area contributed by atoms with Crippen molar-refractivity contribution in [2.45, 2.75) is 65.6 Å². The Bertz CT molecular complexity index is 747. The van der Waals surface area contributed by atoms with Gasteiger partial charge in [0.2, 0.25) is 0 Å². The lowest BCUT2D eigenvalue weighted by Gasteiger charge is -2.39. The Labute approximate surface area is 187 Å². The standard InChI is InChI=1S/C25H39ClN2O2/c1-18-5-6-20(26)16-22(18)28-12-10-27(11-13-28)17-21(29)8-14-30-23-15-19-7-9-25(23,4)24(19,2)3/h5-6,16,19,21,23,29H,7-15,17H2,1-4H3/t19-,21+,23-,25-/m1/s1. The van der Waals surface area contributed by atoms with Crippen LogP contribution >= 0.6 is 11.6 Å². The van der Waals surface area contributed by atoms with E-state index in [0.717, 1.165) is 50.1 Å². The molecule has 3 fully saturated rings. The van der Waals surface area contributed by atoms with E-state index in [2.05, 4.69) is 49.6 Å². The van der Waals surface area contributed by atoms with E-state index in [1.807, 2.05) is 6.07 Å². The number of halogens is 1. The monoisotopic (exact) mass is 434 g/mol. The van der Waals surface area contributed by atoms with Crippen molar-refractivity contribution in [3.63, 3.8) is 0 Å². The van der Waals surface area contributed by atoms with Crippen molar-refractivity contribution in [3.05, 3.63) is 28.8 Å². The predicted octanol–water partition coefficient (Wildman–Crippen LogP) is 4.75. The second-order valence-electron chi connectivity index (χ2n) is 10.6. The first-order valence-electron chi connectivity index (χ1n) is 11.7. The summed E-state index contributed by atoms with van der Waals surface area (Å²) in [5.74, 6) is 0.803. The van der Waals surface area contributed by atoms with Gasteiger partial charge in [-0.15, -0.1) is 0 Å². The molecule has 4 atom stereocenters. The highest BCUT2D eigenvalue weighted by atomic mass is 35.5. The maximum absolute atomic E-state index is 10.6. The molecule has 0 radical (unpaired) electrons. The Morgan fingerprint density at radius 2 is 1.93 bits per heavy atom. The highest BCUT2D eigenvalue weighted by Gasteiger charge is 2.61. The fourth-order valence-corrected chi connectivity index (χ4v) is 6.38. The van der Waals surface area contributed by atoms with Crippen molar-refractivity contribution in [3.8, 4) is 0 Å². The normalized spacial score (nSPS) is 32.0. The van der Waals surface area contributed by atoms with Crippen LogP contribution in [0.1, 0.15) is 52.0 Å². The van der Waals surface area contributed by atoms with Crippen LogP contribution in [0.5, 0.6) is 0 Å². The average Bonchev–Trinajstić information content (AvgIpc) is 3.04. The van der Waals surface area contributed by atoms with Crippen LogP contribution < -0.4 is 4.90 Å². The average molecular weight is 435 g/mol. The summed E-state index contributed by atoms with van der Waals surface area (Å²) < 4.78 is 6.34. The molecule has 2 saturated carbocycles. The lowest BCUT2D eigenvalue weighted by Crippen LogP contribution is -2.49. The van der Waals surface area contributed by atoms with Gasteiger partial charge in [0.15, 0.2) is 0 Å². The van der Waals surface area contributed by atoms with Gasteiger partial charge in [0.25, 0.3) is 0 Å². The molecule has 0 spiro atoms. The smallest absolute Gasteiger partial charge is 0.0689 e. The molecule has 2 aliphatic carbocycles. The zero-order valence-corrected chi connectivity index (χ0v) is 19.9. The van der Waals surface area contributed by atoms with Crippen LogP contribution in [-0.2, 0) is 4.74 Å². The molecule has 1 heterocycles. The van der Waals surface area contributed by atoms with Gasteiger partial charge in [0.05, 0.1) is 12.2 Å². The van der Waals surface area contributed by atoms with Crippen molar-refractivity contribution < 1.29 is 9.84 Å². The highest BCUT2D eigenvalue weighted by Crippen LogP contribution is 2.66. The van der Waals surface area contributed by atoms with Crippen LogP contribution in [0, 0.1) is 23.7 Å². The molecule has 5 heteroatoms. The molecular weight excluding hydrogens is 396 g/mol. The van der Waals surface area contributed by atoms with Crippen LogP contribution in [0.4, 0.5) is 5.69 Å². The fourth-order valence-electron chi connectivity index (χ4n) is 6.21. The molecule has 3 aliphatic rings. The van der Waals surface area contributed by atoms with Crippen molar-refractivity contribution in [1.29, 1.82) is 0 Å². The fraction of sp³-hybridized carbons (Fsp3) is 0.760. The lowest BCUT2D eigenvalue weighted by atomic mass is 9.70. The van der Waals surface area contributed by atoms with Gasteiger partial charge in [-0.1, -0.05) is 38.4 Å². The molecule has 0 aromatic heterocycles. The maximum Gasteiger partial charge on any atom is 0.0689 e. The van der Waals surface area contributed by atoms with E-state index in [-0.39, 0.29) is 6.10 Å². The number of aryl methyl sites for hydroxylation is 1. The summed E-state index contributed by atoms with van der Waals surface area (Å²) in [6.07, 6.45) is 4.61. The van der Waals surface area contributed by atoms with Gasteiger partial charge < -0.3 is 14.7 Å². The minimum atomic E-state index is -0.316. The molecule has 1 N–H and O–H groups in total. The number of fused-ring (bicyclic) bond motifs is 2. The van der Waals surface area contributed by atoms with Crippen molar-refractivity contribution in [2.24, 2.45) is 16.7 Å². The Morgan fingerprint density at radius 3 is 2.57 bits per heavy atom.